The molecule has 0 aliphatic carbocycles. The summed E-state index contributed by atoms with van der Waals surface area (Å²) in [4.78, 5) is 23.5. The highest BCUT2D eigenvalue weighted by Gasteiger charge is 2.33. The van der Waals surface area contributed by atoms with E-state index in [2.05, 4.69) is 21.1 Å². The lowest BCUT2D eigenvalue weighted by atomic mass is 10.1. The fourth-order valence-corrected chi connectivity index (χ4v) is 2.94. The van der Waals surface area contributed by atoms with Gasteiger partial charge in [0.15, 0.2) is 0 Å². The lowest BCUT2D eigenvalue weighted by Gasteiger charge is -2.09. The quantitative estimate of drug-likeness (QED) is 0.202. The molecule has 35 heavy (non-hydrogen) atoms. The normalized spacial score (nSPS) is 12.3. The number of nitrogens with zero attached hydrogens (tertiary/aromatic N) is 2. The Labute approximate surface area is 197 Å². The van der Waals surface area contributed by atoms with Gasteiger partial charge in [-0.2, -0.15) is 36.5 Å². The monoisotopic (exact) mass is 500 g/mol. The van der Waals surface area contributed by atoms with Gasteiger partial charge < -0.3 is 0 Å². The van der Waals surface area contributed by atoms with Crippen LogP contribution >= 0.6 is 0 Å². The number of unbranched alkanes of at least 4 members (excludes halogenated alkanes) is 2. The summed E-state index contributed by atoms with van der Waals surface area (Å²) in [6, 6.07) is 9.60. The molecule has 0 heterocycles. The van der Waals surface area contributed by atoms with E-state index in [1.54, 1.807) is 0 Å². The largest absolute Gasteiger partial charge is 0.417 e. The van der Waals surface area contributed by atoms with Crippen LogP contribution in [0.2, 0.25) is 0 Å². The van der Waals surface area contributed by atoms with E-state index < -0.39 is 35.3 Å². The molecule has 0 aliphatic rings. The van der Waals surface area contributed by atoms with Gasteiger partial charge in [-0.15, -0.1) is 0 Å². The highest BCUT2D eigenvalue weighted by molar-refractivity contribution is 5.85. The number of carbonyl (C=O) groups excluding carboxylic acids is 2. The van der Waals surface area contributed by atoms with Crippen LogP contribution in [0, 0.1) is 0 Å². The van der Waals surface area contributed by atoms with Gasteiger partial charge in [-0.25, -0.2) is 10.9 Å². The first-order chi connectivity index (χ1) is 16.5. The SMILES string of the molecule is O=C(CCCCCC(=O)NN=Cc1ccccc1C(F)(F)F)NN=Cc1ccccc1C(F)(F)F. The van der Waals surface area contributed by atoms with Crippen LogP contribution in [-0.2, 0) is 21.9 Å². The second-order valence-electron chi connectivity index (χ2n) is 7.32. The Morgan fingerprint density at radius 1 is 0.657 bits per heavy atom. The van der Waals surface area contributed by atoms with Crippen LogP contribution in [0.4, 0.5) is 26.3 Å². The van der Waals surface area contributed by atoms with Crippen molar-refractivity contribution in [2.24, 2.45) is 10.2 Å². The Balaban J connectivity index is 1.67. The first kappa shape index (κ1) is 27.5. The van der Waals surface area contributed by atoms with Crippen molar-refractivity contribution in [3.05, 3.63) is 70.8 Å². The van der Waals surface area contributed by atoms with Crippen molar-refractivity contribution in [3.63, 3.8) is 0 Å². The van der Waals surface area contributed by atoms with Gasteiger partial charge >= 0.3 is 12.4 Å². The molecule has 2 aromatic carbocycles. The van der Waals surface area contributed by atoms with Crippen molar-refractivity contribution < 1.29 is 35.9 Å². The van der Waals surface area contributed by atoms with Crippen molar-refractivity contribution >= 4 is 24.2 Å². The number of benzene rings is 2. The molecule has 6 nitrogen and oxygen atoms in total. The molecule has 188 valence electrons. The number of rotatable bonds is 10. The number of hydrazone groups is 2. The molecular formula is C23H22F6N4O2. The summed E-state index contributed by atoms with van der Waals surface area (Å²) in [5.74, 6) is -0.994. The molecule has 0 radical (unpaired) electrons. The molecule has 0 saturated carbocycles. The zero-order valence-electron chi connectivity index (χ0n) is 18.3. The summed E-state index contributed by atoms with van der Waals surface area (Å²) < 4.78 is 77.5. The fraction of sp³-hybridized carbons (Fsp3) is 0.304. The number of carbonyl (C=O) groups is 2. The maximum atomic E-state index is 12.9. The Bertz CT molecular complexity index is 981. The fourth-order valence-electron chi connectivity index (χ4n) is 2.94. The van der Waals surface area contributed by atoms with E-state index in [9.17, 15) is 35.9 Å². The summed E-state index contributed by atoms with van der Waals surface area (Å²) in [5.41, 5.74) is 2.20. The molecule has 0 saturated heterocycles. The summed E-state index contributed by atoms with van der Waals surface area (Å²) >= 11 is 0. The predicted molar refractivity (Wildman–Crippen MR) is 117 cm³/mol. The van der Waals surface area contributed by atoms with Crippen LogP contribution in [-0.4, -0.2) is 24.2 Å². The number of hydrogen-bond acceptors (Lipinski definition) is 4. The van der Waals surface area contributed by atoms with Crippen molar-refractivity contribution in [3.8, 4) is 0 Å². The topological polar surface area (TPSA) is 82.9 Å². The van der Waals surface area contributed by atoms with Gasteiger partial charge in [-0.3, -0.25) is 9.59 Å². The molecule has 0 spiro atoms. The number of nitrogens with one attached hydrogen (secondary N) is 2. The molecule has 0 atom stereocenters. The minimum atomic E-state index is -4.54. The summed E-state index contributed by atoms with van der Waals surface area (Å²) in [6.45, 7) is 0. The van der Waals surface area contributed by atoms with Crippen molar-refractivity contribution in [2.45, 2.75) is 44.5 Å². The Hall–Kier alpha value is -3.70. The van der Waals surface area contributed by atoms with Crippen molar-refractivity contribution in [2.75, 3.05) is 0 Å². The smallest absolute Gasteiger partial charge is 0.273 e. The zero-order chi connectivity index (χ0) is 25.9. The van der Waals surface area contributed by atoms with Gasteiger partial charge in [-0.1, -0.05) is 42.8 Å². The molecule has 0 aromatic heterocycles. The first-order valence-electron chi connectivity index (χ1n) is 10.4. The standard InChI is InChI=1S/C23H22F6N4O2/c24-22(25,26)18-10-6-4-8-16(18)14-30-32-20(34)12-2-1-3-13-21(35)33-31-15-17-9-5-7-11-19(17)23(27,28)29/h4-11,14-15H,1-3,12-13H2,(H,32,34)(H,33,35). The minimum absolute atomic E-state index is 0.0479. The summed E-state index contributed by atoms with van der Waals surface area (Å²) in [7, 11) is 0. The van der Waals surface area contributed by atoms with E-state index in [-0.39, 0.29) is 24.0 Å². The summed E-state index contributed by atoms with van der Waals surface area (Å²) in [5, 5.41) is 7.10. The van der Waals surface area contributed by atoms with E-state index >= 15 is 0 Å². The van der Waals surface area contributed by atoms with Gasteiger partial charge in [-0.05, 0) is 25.0 Å². The minimum Gasteiger partial charge on any atom is -0.273 e. The molecule has 0 fully saturated rings. The second kappa shape index (κ2) is 12.7. The second-order valence-corrected chi connectivity index (χ2v) is 7.32. The molecule has 0 bridgehead atoms. The van der Waals surface area contributed by atoms with Gasteiger partial charge in [0.25, 0.3) is 0 Å². The zero-order valence-corrected chi connectivity index (χ0v) is 18.3. The molecule has 2 N–H and O–H groups in total. The van der Waals surface area contributed by atoms with Crippen LogP contribution in [0.3, 0.4) is 0 Å². The Morgan fingerprint density at radius 3 is 1.40 bits per heavy atom. The molecule has 2 amide bonds. The highest BCUT2D eigenvalue weighted by Crippen LogP contribution is 2.31. The van der Waals surface area contributed by atoms with E-state index in [0.717, 1.165) is 24.6 Å². The summed E-state index contributed by atoms with van der Waals surface area (Å²) in [6.07, 6.45) is -5.88. The third-order valence-corrected chi connectivity index (χ3v) is 4.63. The van der Waals surface area contributed by atoms with E-state index in [4.69, 9.17) is 0 Å². The lowest BCUT2D eigenvalue weighted by molar-refractivity contribution is -0.138. The van der Waals surface area contributed by atoms with Crippen LogP contribution in [0.15, 0.2) is 58.7 Å². The highest BCUT2D eigenvalue weighted by atomic mass is 19.4. The number of hydrogen-bond donors (Lipinski definition) is 2. The van der Waals surface area contributed by atoms with Gasteiger partial charge in [0.05, 0.1) is 23.6 Å². The number of amides is 2. The maximum Gasteiger partial charge on any atom is 0.417 e. The predicted octanol–water partition coefficient (Wildman–Crippen LogP) is 5.28. The van der Waals surface area contributed by atoms with Gasteiger partial charge in [0.1, 0.15) is 0 Å². The Kier molecular flexibility index (Phi) is 9.98. The lowest BCUT2D eigenvalue weighted by Crippen LogP contribution is -2.18. The van der Waals surface area contributed by atoms with Crippen LogP contribution in [0.1, 0.15) is 54.4 Å². The van der Waals surface area contributed by atoms with E-state index in [0.29, 0.717) is 19.3 Å². The van der Waals surface area contributed by atoms with Crippen molar-refractivity contribution in [1.29, 1.82) is 0 Å². The molecule has 2 aromatic rings. The molecular weight excluding hydrogens is 478 g/mol. The Morgan fingerprint density at radius 2 is 1.03 bits per heavy atom. The number of alkyl halides is 6. The number of halogens is 6. The van der Waals surface area contributed by atoms with Crippen molar-refractivity contribution in [1.82, 2.24) is 10.9 Å². The first-order valence-corrected chi connectivity index (χ1v) is 10.4. The third kappa shape index (κ3) is 9.59. The van der Waals surface area contributed by atoms with Crippen LogP contribution in [0.5, 0.6) is 0 Å². The third-order valence-electron chi connectivity index (χ3n) is 4.63. The van der Waals surface area contributed by atoms with E-state index in [1.807, 2.05) is 0 Å². The maximum absolute atomic E-state index is 12.9. The van der Waals surface area contributed by atoms with Crippen LogP contribution in [0.25, 0.3) is 0 Å². The molecule has 0 aliphatic heterocycles. The van der Waals surface area contributed by atoms with Crippen LogP contribution < -0.4 is 10.9 Å². The van der Waals surface area contributed by atoms with Gasteiger partial charge in [0.2, 0.25) is 11.8 Å². The molecule has 0 unspecified atom stereocenters. The van der Waals surface area contributed by atoms with Gasteiger partial charge in [0, 0.05) is 24.0 Å². The molecule has 12 heteroatoms. The van der Waals surface area contributed by atoms with E-state index in [1.165, 1.54) is 36.4 Å². The molecule has 2 rings (SSSR count). The average Bonchev–Trinajstić information content (AvgIpc) is 2.78. The average molecular weight is 500 g/mol.